The summed E-state index contributed by atoms with van der Waals surface area (Å²) in [5, 5.41) is 4.19. The van der Waals surface area contributed by atoms with Crippen LogP contribution in [0, 0.1) is 6.92 Å². The van der Waals surface area contributed by atoms with E-state index in [4.69, 9.17) is 9.72 Å². The number of aryl methyl sites for hydroxylation is 1. The zero-order valence-electron chi connectivity index (χ0n) is 21.5. The number of halogens is 2. The van der Waals surface area contributed by atoms with Gasteiger partial charge in [-0.15, -0.1) is 0 Å². The van der Waals surface area contributed by atoms with Crippen molar-refractivity contribution < 1.29 is 18.3 Å². The van der Waals surface area contributed by atoms with Crippen molar-refractivity contribution in [1.82, 2.24) is 29.4 Å². The number of likely N-dealkylation sites (tertiary alicyclic amines) is 1. The molecule has 6 rings (SSSR count). The number of fused-ring (bicyclic) bond motifs is 2. The number of aromatic amines is 1. The fourth-order valence-corrected chi connectivity index (χ4v) is 5.99. The van der Waals surface area contributed by atoms with Crippen molar-refractivity contribution in [3.05, 3.63) is 30.2 Å². The Hall–Kier alpha value is -3.76. The van der Waals surface area contributed by atoms with Gasteiger partial charge in [0, 0.05) is 36.8 Å². The minimum Gasteiger partial charge on any atom is -0.480 e. The number of methoxy groups -OCH3 is 1. The number of amides is 1. The zero-order chi connectivity index (χ0) is 26.4. The molecule has 1 saturated heterocycles. The van der Waals surface area contributed by atoms with Crippen molar-refractivity contribution in [2.45, 2.75) is 70.5 Å². The highest BCUT2D eigenvalue weighted by atomic mass is 19.3. The van der Waals surface area contributed by atoms with Crippen LogP contribution in [-0.4, -0.2) is 67.5 Å². The smallest absolute Gasteiger partial charge is 0.256 e. The summed E-state index contributed by atoms with van der Waals surface area (Å²) in [6.45, 7) is 2.21. The molecule has 0 bridgehead atoms. The van der Waals surface area contributed by atoms with Crippen LogP contribution in [0.5, 0.6) is 5.88 Å². The number of hydrogen-bond acceptors (Lipinski definition) is 6. The van der Waals surface area contributed by atoms with E-state index in [1.54, 1.807) is 18.6 Å². The number of carbonyl (C=O) groups is 1. The molecule has 11 heteroatoms. The minimum absolute atomic E-state index is 0.223. The summed E-state index contributed by atoms with van der Waals surface area (Å²) in [5.41, 5.74) is 3.60. The summed E-state index contributed by atoms with van der Waals surface area (Å²) in [4.78, 5) is 31.2. The van der Waals surface area contributed by atoms with E-state index in [-0.39, 0.29) is 11.9 Å². The average Bonchev–Trinajstić information content (AvgIpc) is 3.61. The van der Waals surface area contributed by atoms with E-state index < -0.39 is 13.0 Å². The van der Waals surface area contributed by atoms with Gasteiger partial charge in [-0.05, 0) is 56.7 Å². The first-order valence-corrected chi connectivity index (χ1v) is 13.2. The highest BCUT2D eigenvalue weighted by Gasteiger charge is 2.31. The Kier molecular flexibility index (Phi) is 6.37. The van der Waals surface area contributed by atoms with Gasteiger partial charge >= 0.3 is 0 Å². The number of aromatic nitrogens is 5. The van der Waals surface area contributed by atoms with Gasteiger partial charge in [0.2, 0.25) is 17.7 Å². The maximum Gasteiger partial charge on any atom is 0.256 e. The largest absolute Gasteiger partial charge is 0.480 e. The maximum atomic E-state index is 13.2. The first kappa shape index (κ1) is 24.6. The lowest BCUT2D eigenvalue weighted by Crippen LogP contribution is -2.41. The Morgan fingerprint density at radius 2 is 2.00 bits per heavy atom. The number of rotatable bonds is 7. The van der Waals surface area contributed by atoms with Crippen LogP contribution in [-0.2, 0) is 11.3 Å². The molecule has 9 nitrogen and oxygen atoms in total. The van der Waals surface area contributed by atoms with E-state index in [1.165, 1.54) is 0 Å². The predicted molar refractivity (Wildman–Crippen MR) is 141 cm³/mol. The lowest BCUT2D eigenvalue weighted by Gasteiger charge is -2.34. The van der Waals surface area contributed by atoms with E-state index in [1.807, 2.05) is 24.4 Å². The fourth-order valence-electron chi connectivity index (χ4n) is 5.99. The molecular weight excluding hydrogens is 492 g/mol. The van der Waals surface area contributed by atoms with Gasteiger partial charge in [-0.3, -0.25) is 4.79 Å². The number of benzene rings is 1. The SMILES string of the molecule is COc1nc(N[C@H]2CC[C@@H](N3CCCC3=O)CC2)nc2[nH]cc(-c3ccc4nc(C)n(CC(F)F)c4c3)c12. The van der Waals surface area contributed by atoms with Crippen LogP contribution in [0.1, 0.15) is 44.3 Å². The second-order valence-corrected chi connectivity index (χ2v) is 10.2. The van der Waals surface area contributed by atoms with E-state index in [9.17, 15) is 13.6 Å². The second kappa shape index (κ2) is 9.85. The van der Waals surface area contributed by atoms with Gasteiger partial charge in [0.25, 0.3) is 6.43 Å². The van der Waals surface area contributed by atoms with Gasteiger partial charge in [0.15, 0.2) is 0 Å². The Bertz CT molecular complexity index is 1490. The molecule has 200 valence electrons. The number of H-pyrrole nitrogens is 1. The number of carbonyl (C=O) groups excluding carboxylic acids is 1. The Balaban J connectivity index is 1.25. The van der Waals surface area contributed by atoms with Crippen LogP contribution in [0.25, 0.3) is 33.2 Å². The molecule has 0 radical (unpaired) electrons. The van der Waals surface area contributed by atoms with Gasteiger partial charge in [-0.1, -0.05) is 6.07 Å². The number of nitrogens with zero attached hydrogens (tertiary/aromatic N) is 5. The number of imidazole rings is 1. The minimum atomic E-state index is -2.47. The maximum absolute atomic E-state index is 13.2. The van der Waals surface area contributed by atoms with Crippen LogP contribution >= 0.6 is 0 Å². The third kappa shape index (κ3) is 4.43. The molecule has 0 unspecified atom stereocenters. The molecule has 4 aromatic rings. The highest BCUT2D eigenvalue weighted by molar-refractivity contribution is 5.99. The molecular formula is C27H31F2N7O2. The Morgan fingerprint density at radius 3 is 2.71 bits per heavy atom. The fraction of sp³-hybridized carbons (Fsp3) is 0.481. The van der Waals surface area contributed by atoms with Crippen LogP contribution in [0.4, 0.5) is 14.7 Å². The Labute approximate surface area is 218 Å². The summed E-state index contributed by atoms with van der Waals surface area (Å²) in [6.07, 6.45) is 4.84. The van der Waals surface area contributed by atoms with Crippen LogP contribution in [0.2, 0.25) is 0 Å². The number of anilines is 1. The second-order valence-electron chi connectivity index (χ2n) is 10.2. The average molecular weight is 524 g/mol. The molecule has 2 aliphatic rings. The number of alkyl halides is 2. The molecule has 38 heavy (non-hydrogen) atoms. The molecule has 0 spiro atoms. The Morgan fingerprint density at radius 1 is 1.18 bits per heavy atom. The molecule has 1 amide bonds. The molecule has 1 saturated carbocycles. The molecule has 3 aromatic heterocycles. The first-order chi connectivity index (χ1) is 18.4. The van der Waals surface area contributed by atoms with E-state index in [0.29, 0.717) is 46.8 Å². The molecule has 2 fully saturated rings. The van der Waals surface area contributed by atoms with Gasteiger partial charge in [-0.2, -0.15) is 9.97 Å². The zero-order valence-corrected chi connectivity index (χ0v) is 21.5. The van der Waals surface area contributed by atoms with Crippen molar-refractivity contribution in [3.8, 4) is 17.0 Å². The third-order valence-corrected chi connectivity index (χ3v) is 7.84. The van der Waals surface area contributed by atoms with Gasteiger partial charge in [-0.25, -0.2) is 13.8 Å². The molecule has 4 heterocycles. The van der Waals surface area contributed by atoms with Crippen LogP contribution in [0.15, 0.2) is 24.4 Å². The van der Waals surface area contributed by atoms with Gasteiger partial charge in [0.05, 0.1) is 30.1 Å². The summed E-state index contributed by atoms with van der Waals surface area (Å²) < 4.78 is 33.6. The van der Waals surface area contributed by atoms with E-state index in [0.717, 1.165) is 55.2 Å². The summed E-state index contributed by atoms with van der Waals surface area (Å²) >= 11 is 0. The number of ether oxygens (including phenoxy) is 1. The summed E-state index contributed by atoms with van der Waals surface area (Å²) in [5.74, 6) is 1.76. The van der Waals surface area contributed by atoms with Gasteiger partial charge in [0.1, 0.15) is 11.5 Å². The van der Waals surface area contributed by atoms with E-state index in [2.05, 4.69) is 25.2 Å². The standard InChI is InChI=1S/C27H31F2N7O2/c1-15-31-20-10-5-16(12-21(20)36(15)14-22(28)29)19-13-30-25-24(19)26(38-2)34-27(33-25)32-17-6-8-18(9-7-17)35-11-3-4-23(35)37/h5,10,12-13,17-18,22H,3-4,6-9,11,14H2,1-2H3,(H2,30,32,33,34)/t17-,18+. The van der Waals surface area contributed by atoms with Crippen molar-refractivity contribution in [2.75, 3.05) is 19.0 Å². The summed E-state index contributed by atoms with van der Waals surface area (Å²) in [6, 6.07) is 6.19. The molecule has 1 aliphatic heterocycles. The van der Waals surface area contributed by atoms with Crippen LogP contribution < -0.4 is 10.1 Å². The molecule has 1 aromatic carbocycles. The van der Waals surface area contributed by atoms with Crippen molar-refractivity contribution in [2.24, 2.45) is 0 Å². The number of hydrogen-bond donors (Lipinski definition) is 2. The molecule has 2 N–H and O–H groups in total. The van der Waals surface area contributed by atoms with Gasteiger partial charge < -0.3 is 24.5 Å². The molecule has 1 aliphatic carbocycles. The molecule has 0 atom stereocenters. The van der Waals surface area contributed by atoms with E-state index >= 15 is 0 Å². The highest BCUT2D eigenvalue weighted by Crippen LogP contribution is 2.36. The van der Waals surface area contributed by atoms with Crippen molar-refractivity contribution in [3.63, 3.8) is 0 Å². The van der Waals surface area contributed by atoms with Crippen LogP contribution in [0.3, 0.4) is 0 Å². The summed E-state index contributed by atoms with van der Waals surface area (Å²) in [7, 11) is 1.57. The lowest BCUT2D eigenvalue weighted by molar-refractivity contribution is -0.130. The third-order valence-electron chi connectivity index (χ3n) is 7.84. The van der Waals surface area contributed by atoms with Crippen molar-refractivity contribution >= 4 is 33.9 Å². The first-order valence-electron chi connectivity index (χ1n) is 13.2. The number of nitrogens with one attached hydrogen (secondary N) is 2. The predicted octanol–water partition coefficient (Wildman–Crippen LogP) is 4.90. The quantitative estimate of drug-likeness (QED) is 0.357. The monoisotopic (exact) mass is 523 g/mol. The normalized spacial score (nSPS) is 20.2. The lowest BCUT2D eigenvalue weighted by atomic mass is 9.90. The topological polar surface area (TPSA) is 101 Å². The van der Waals surface area contributed by atoms with Crippen molar-refractivity contribution in [1.29, 1.82) is 0 Å².